The molecule has 36 heavy (non-hydrogen) atoms. The monoisotopic (exact) mass is 504 g/mol. The lowest BCUT2D eigenvalue weighted by Crippen LogP contribution is -2.41. The van der Waals surface area contributed by atoms with Crippen molar-refractivity contribution in [3.05, 3.63) is 12.1 Å². The van der Waals surface area contributed by atoms with Crippen LogP contribution in [0.3, 0.4) is 0 Å². The normalized spacial score (nSPS) is 22.6. The summed E-state index contributed by atoms with van der Waals surface area (Å²) in [5, 5.41) is 7.86. The summed E-state index contributed by atoms with van der Waals surface area (Å²) in [6.45, 7) is 5.39. The predicted octanol–water partition coefficient (Wildman–Crippen LogP) is 4.25. The van der Waals surface area contributed by atoms with E-state index in [0.717, 1.165) is 44.2 Å². The molecule has 0 radical (unpaired) electrons. The fourth-order valence-corrected chi connectivity index (χ4v) is 5.30. The van der Waals surface area contributed by atoms with Gasteiger partial charge in [-0.3, -0.25) is 5.32 Å². The van der Waals surface area contributed by atoms with E-state index in [0.29, 0.717) is 35.4 Å². The van der Waals surface area contributed by atoms with Crippen molar-refractivity contribution in [3.8, 4) is 11.5 Å². The van der Waals surface area contributed by atoms with Crippen molar-refractivity contribution >= 4 is 22.7 Å². The third-order valence-electron chi connectivity index (χ3n) is 7.44. The van der Waals surface area contributed by atoms with E-state index in [1.807, 2.05) is 17.0 Å². The van der Waals surface area contributed by atoms with Crippen LogP contribution in [0.2, 0.25) is 0 Å². The van der Waals surface area contributed by atoms with Gasteiger partial charge in [-0.2, -0.15) is 4.98 Å². The highest BCUT2D eigenvalue weighted by Gasteiger charge is 2.35. The van der Waals surface area contributed by atoms with Crippen LogP contribution in [0.15, 0.2) is 12.1 Å². The zero-order valence-electron chi connectivity index (χ0n) is 21.2. The van der Waals surface area contributed by atoms with Gasteiger partial charge in [0.1, 0.15) is 5.82 Å². The molecule has 5 rings (SSSR count). The Morgan fingerprint density at radius 3 is 2.58 bits per heavy atom. The molecule has 3 saturated heterocycles. The Hall–Kier alpha value is -2.46. The maximum absolute atomic E-state index is 13.8. The van der Waals surface area contributed by atoms with Crippen molar-refractivity contribution in [1.82, 2.24) is 20.2 Å². The maximum Gasteiger partial charge on any atom is 0.251 e. The Bertz CT molecular complexity index is 1020. The zero-order valence-corrected chi connectivity index (χ0v) is 21.2. The number of rotatable bonds is 9. The number of alkyl halides is 2. The number of piperidine rings is 2. The zero-order chi connectivity index (χ0) is 25.0. The SMILES string of the molecule is COc1cc2c(N[C@H]3CCCCN3)nc(N3CCC(F)(F)CC3)nc2cc1OCCCN1CCCC1. The van der Waals surface area contributed by atoms with Crippen LogP contribution in [0.5, 0.6) is 11.5 Å². The van der Waals surface area contributed by atoms with Gasteiger partial charge < -0.3 is 24.6 Å². The molecule has 0 saturated carbocycles. The van der Waals surface area contributed by atoms with E-state index >= 15 is 0 Å². The van der Waals surface area contributed by atoms with Gasteiger partial charge >= 0.3 is 0 Å². The summed E-state index contributed by atoms with van der Waals surface area (Å²) in [5.74, 6) is -0.184. The van der Waals surface area contributed by atoms with Crippen LogP contribution in [0.1, 0.15) is 51.4 Å². The van der Waals surface area contributed by atoms with E-state index in [9.17, 15) is 8.78 Å². The molecule has 3 fully saturated rings. The first-order valence-electron chi connectivity index (χ1n) is 13.4. The summed E-state index contributed by atoms with van der Waals surface area (Å²) in [6, 6.07) is 3.82. The number of fused-ring (bicyclic) bond motifs is 1. The van der Waals surface area contributed by atoms with Gasteiger partial charge in [0, 0.05) is 43.9 Å². The first-order valence-corrected chi connectivity index (χ1v) is 13.4. The highest BCUT2D eigenvalue weighted by molar-refractivity contribution is 5.93. The van der Waals surface area contributed by atoms with Crippen molar-refractivity contribution < 1.29 is 18.3 Å². The number of halogens is 2. The molecule has 2 N–H and O–H groups in total. The van der Waals surface area contributed by atoms with Gasteiger partial charge in [0.05, 0.1) is 25.4 Å². The van der Waals surface area contributed by atoms with Gasteiger partial charge in [0.15, 0.2) is 11.5 Å². The number of nitrogens with one attached hydrogen (secondary N) is 2. The molecule has 0 aliphatic carbocycles. The number of benzene rings is 1. The van der Waals surface area contributed by atoms with Crippen molar-refractivity contribution in [2.45, 2.75) is 63.5 Å². The van der Waals surface area contributed by atoms with E-state index in [1.165, 1.54) is 25.9 Å². The van der Waals surface area contributed by atoms with E-state index in [1.54, 1.807) is 7.11 Å². The van der Waals surface area contributed by atoms with Crippen LogP contribution in [0, 0.1) is 0 Å². The molecule has 0 amide bonds. The first kappa shape index (κ1) is 25.2. The second-order valence-electron chi connectivity index (χ2n) is 10.1. The van der Waals surface area contributed by atoms with Gasteiger partial charge in [-0.15, -0.1) is 0 Å². The number of aromatic nitrogens is 2. The Labute approximate surface area is 211 Å². The second kappa shape index (κ2) is 11.3. The lowest BCUT2D eigenvalue weighted by Gasteiger charge is -2.32. The molecule has 3 aliphatic heterocycles. The minimum Gasteiger partial charge on any atom is -0.493 e. The Balaban J connectivity index is 1.40. The molecule has 0 bridgehead atoms. The topological polar surface area (TPSA) is 74.8 Å². The average molecular weight is 505 g/mol. The van der Waals surface area contributed by atoms with Gasteiger partial charge in [0.2, 0.25) is 5.95 Å². The molecule has 1 atom stereocenters. The molecular formula is C26H38F2N6O2. The lowest BCUT2D eigenvalue weighted by molar-refractivity contribution is -0.0222. The van der Waals surface area contributed by atoms with Gasteiger partial charge in [-0.05, 0) is 64.2 Å². The number of methoxy groups -OCH3 is 1. The molecule has 10 heteroatoms. The number of hydrogen-bond donors (Lipinski definition) is 2. The molecule has 2 aromatic rings. The summed E-state index contributed by atoms with van der Waals surface area (Å²) in [4.78, 5) is 13.9. The van der Waals surface area contributed by atoms with E-state index in [2.05, 4.69) is 15.5 Å². The minimum absolute atomic E-state index is 0.0999. The Morgan fingerprint density at radius 2 is 1.86 bits per heavy atom. The predicted molar refractivity (Wildman–Crippen MR) is 138 cm³/mol. The fraction of sp³-hybridized carbons (Fsp3) is 0.692. The largest absolute Gasteiger partial charge is 0.493 e. The minimum atomic E-state index is -2.62. The standard InChI is InChI=1S/C26H38F2N6O2/c1-35-21-17-19-20(18-22(21)36-16-6-13-33-11-4-5-12-33)30-25(34-14-8-26(27,28)9-15-34)32-24(19)31-23-7-2-3-10-29-23/h17-18,23,29H,2-16H2,1H3,(H,30,31,32)/t23-/m0/s1. The first-order chi connectivity index (χ1) is 17.5. The lowest BCUT2D eigenvalue weighted by atomic mass is 10.1. The molecular weight excluding hydrogens is 466 g/mol. The van der Waals surface area contributed by atoms with Crippen LogP contribution in [-0.2, 0) is 0 Å². The Morgan fingerprint density at radius 1 is 1.06 bits per heavy atom. The third-order valence-corrected chi connectivity index (χ3v) is 7.44. The van der Waals surface area contributed by atoms with Crippen molar-refractivity contribution in [1.29, 1.82) is 0 Å². The summed E-state index contributed by atoms with van der Waals surface area (Å²) in [7, 11) is 1.64. The molecule has 0 unspecified atom stereocenters. The van der Waals surface area contributed by atoms with Crippen LogP contribution >= 0.6 is 0 Å². The smallest absolute Gasteiger partial charge is 0.251 e. The van der Waals surface area contributed by atoms with Gasteiger partial charge in [-0.25, -0.2) is 13.8 Å². The summed E-state index contributed by atoms with van der Waals surface area (Å²) < 4.78 is 39.4. The number of nitrogens with zero attached hydrogens (tertiary/aromatic N) is 4. The molecule has 198 valence electrons. The van der Waals surface area contributed by atoms with Crippen LogP contribution in [-0.4, -0.2) is 79.9 Å². The molecule has 0 spiro atoms. The second-order valence-corrected chi connectivity index (χ2v) is 10.1. The molecule has 8 nitrogen and oxygen atoms in total. The highest BCUT2D eigenvalue weighted by Crippen LogP contribution is 2.37. The van der Waals surface area contributed by atoms with Gasteiger partial charge in [-0.1, -0.05) is 0 Å². The van der Waals surface area contributed by atoms with E-state index < -0.39 is 5.92 Å². The highest BCUT2D eigenvalue weighted by atomic mass is 19.3. The van der Waals surface area contributed by atoms with Crippen molar-refractivity contribution in [2.24, 2.45) is 0 Å². The molecule has 1 aromatic heterocycles. The molecule has 1 aromatic carbocycles. The van der Waals surface area contributed by atoms with E-state index in [4.69, 9.17) is 19.4 Å². The number of ether oxygens (including phenoxy) is 2. The van der Waals surface area contributed by atoms with Crippen molar-refractivity contribution in [3.63, 3.8) is 0 Å². The third kappa shape index (κ3) is 6.08. The maximum atomic E-state index is 13.8. The fourth-order valence-electron chi connectivity index (χ4n) is 5.30. The van der Waals surface area contributed by atoms with Crippen LogP contribution < -0.4 is 25.0 Å². The number of likely N-dealkylation sites (tertiary alicyclic amines) is 1. The quantitative estimate of drug-likeness (QED) is 0.491. The van der Waals surface area contributed by atoms with E-state index in [-0.39, 0.29) is 32.1 Å². The summed E-state index contributed by atoms with van der Waals surface area (Å²) in [6.07, 6.45) is 6.52. The summed E-state index contributed by atoms with van der Waals surface area (Å²) in [5.41, 5.74) is 0.714. The molecule has 4 heterocycles. The summed E-state index contributed by atoms with van der Waals surface area (Å²) >= 11 is 0. The average Bonchev–Trinajstić information content (AvgIpc) is 3.40. The van der Waals surface area contributed by atoms with Crippen LogP contribution in [0.4, 0.5) is 20.5 Å². The van der Waals surface area contributed by atoms with Crippen LogP contribution in [0.25, 0.3) is 10.9 Å². The van der Waals surface area contributed by atoms with Crippen molar-refractivity contribution in [2.75, 3.05) is 63.2 Å². The number of anilines is 2. The number of hydrogen-bond acceptors (Lipinski definition) is 8. The van der Waals surface area contributed by atoms with Gasteiger partial charge in [0.25, 0.3) is 5.92 Å². The Kier molecular flexibility index (Phi) is 7.90. The molecule has 3 aliphatic rings.